The van der Waals surface area contributed by atoms with Crippen molar-refractivity contribution in [1.82, 2.24) is 0 Å². The van der Waals surface area contributed by atoms with Gasteiger partial charge >= 0.3 is 44.1 Å². The van der Waals surface area contributed by atoms with Crippen molar-refractivity contribution in [3.63, 3.8) is 0 Å². The Morgan fingerprint density at radius 3 is 1.40 bits per heavy atom. The number of aliphatic hydroxyl groups excluding tert-OH is 1. The molecule has 0 saturated heterocycles. The third kappa shape index (κ3) is 86.6. The van der Waals surface area contributed by atoms with Gasteiger partial charge in [-0.1, -0.05) is 0 Å². The average molecular weight is 255 g/mol. The van der Waals surface area contributed by atoms with Gasteiger partial charge in [0.1, 0.15) is 6.61 Å². The van der Waals surface area contributed by atoms with Crippen LogP contribution in [0, 0.1) is 0 Å². The molecule has 62 valence electrons. The Bertz CT molecular complexity index is 89.7. The molecule has 0 aliphatic rings. The molecule has 10 heavy (non-hydrogen) atoms. The molecule has 0 fully saturated rings. The van der Waals surface area contributed by atoms with E-state index in [9.17, 15) is 0 Å². The first-order valence-corrected chi connectivity index (χ1v) is 14.5. The average Bonchev–Trinajstić information content (AvgIpc) is 1.61. The molecule has 0 amide bonds. The standard InChI is InChI=1S/C2H4O3.4CH3.Sn/c3-1-2(4)5;;;;;/h3H,1H2,(H,4,5);4*1H3;. The zero-order valence-electron chi connectivity index (χ0n) is 7.01. The Morgan fingerprint density at radius 1 is 1.30 bits per heavy atom. The number of carboxylic acids is 1. The minimum absolute atomic E-state index is 0.778. The maximum absolute atomic E-state index is 9.12. The Labute approximate surface area is 65.9 Å². The molecule has 0 radical (unpaired) electrons. The van der Waals surface area contributed by atoms with E-state index >= 15 is 0 Å². The second kappa shape index (κ2) is 5.97. The molecule has 0 bridgehead atoms. The Kier molecular flexibility index (Phi) is 7.68. The SMILES string of the molecule is O=C(O)CO.[CH3][Sn]([CH3])([CH3])[CH3]. The molecule has 0 aliphatic carbocycles. The van der Waals surface area contributed by atoms with E-state index in [2.05, 4.69) is 19.8 Å². The van der Waals surface area contributed by atoms with E-state index in [-0.39, 0.29) is 0 Å². The molecule has 0 heterocycles. The van der Waals surface area contributed by atoms with Crippen molar-refractivity contribution in [2.24, 2.45) is 0 Å². The van der Waals surface area contributed by atoms with E-state index in [4.69, 9.17) is 15.0 Å². The summed E-state index contributed by atoms with van der Waals surface area (Å²) >= 11 is -1.18. The van der Waals surface area contributed by atoms with E-state index in [1.165, 1.54) is 0 Å². The van der Waals surface area contributed by atoms with E-state index in [0.717, 1.165) is 0 Å². The summed E-state index contributed by atoms with van der Waals surface area (Å²) in [4.78, 5) is 18.7. The van der Waals surface area contributed by atoms with Crippen molar-refractivity contribution >= 4 is 24.3 Å². The van der Waals surface area contributed by atoms with E-state index in [1.54, 1.807) is 0 Å². The van der Waals surface area contributed by atoms with Gasteiger partial charge in [-0.25, -0.2) is 4.79 Å². The molecular formula is C6H16O3Sn. The van der Waals surface area contributed by atoms with Crippen molar-refractivity contribution in [3.05, 3.63) is 0 Å². The van der Waals surface area contributed by atoms with Crippen LogP contribution in [-0.4, -0.2) is 41.2 Å². The number of aliphatic carboxylic acids is 1. The zero-order valence-corrected chi connectivity index (χ0v) is 9.86. The molecule has 0 saturated carbocycles. The van der Waals surface area contributed by atoms with Crippen LogP contribution < -0.4 is 0 Å². The molecule has 0 rings (SSSR count). The maximum atomic E-state index is 9.12. The fourth-order valence-electron chi connectivity index (χ4n) is 0. The molecule has 0 aliphatic heterocycles. The van der Waals surface area contributed by atoms with Crippen LogP contribution in [0.4, 0.5) is 0 Å². The summed E-state index contributed by atoms with van der Waals surface area (Å²) in [5.74, 6) is -1.19. The number of rotatable bonds is 1. The van der Waals surface area contributed by atoms with Crippen LogP contribution in [0.25, 0.3) is 0 Å². The molecule has 0 atom stereocenters. The summed E-state index contributed by atoms with van der Waals surface area (Å²) in [6.45, 7) is -0.778. The third-order valence-corrected chi connectivity index (χ3v) is 0.135. The van der Waals surface area contributed by atoms with Gasteiger partial charge in [0, 0.05) is 0 Å². The molecule has 0 aromatic carbocycles. The zero-order chi connectivity index (χ0) is 8.78. The van der Waals surface area contributed by atoms with Gasteiger partial charge in [0.05, 0.1) is 0 Å². The second-order valence-corrected chi connectivity index (χ2v) is 20.7. The first kappa shape index (κ1) is 12.9. The fourth-order valence-corrected chi connectivity index (χ4v) is 0. The topological polar surface area (TPSA) is 57.5 Å². The summed E-state index contributed by atoms with van der Waals surface area (Å²) in [6, 6.07) is 0. The van der Waals surface area contributed by atoms with Crippen molar-refractivity contribution in [1.29, 1.82) is 0 Å². The van der Waals surface area contributed by atoms with Crippen molar-refractivity contribution in [3.8, 4) is 0 Å². The van der Waals surface area contributed by atoms with Crippen molar-refractivity contribution in [2.75, 3.05) is 6.61 Å². The van der Waals surface area contributed by atoms with E-state index in [0.29, 0.717) is 0 Å². The van der Waals surface area contributed by atoms with Gasteiger partial charge in [-0.15, -0.1) is 0 Å². The van der Waals surface area contributed by atoms with Crippen LogP contribution in [0.1, 0.15) is 0 Å². The summed E-state index contributed by atoms with van der Waals surface area (Å²) in [6.07, 6.45) is 0. The molecule has 0 aromatic heterocycles. The van der Waals surface area contributed by atoms with Crippen LogP contribution in [0.3, 0.4) is 0 Å². The third-order valence-electron chi connectivity index (χ3n) is 0.135. The predicted molar refractivity (Wildman–Crippen MR) is 43.9 cm³/mol. The quantitative estimate of drug-likeness (QED) is 0.687. The molecule has 0 aromatic rings. The van der Waals surface area contributed by atoms with Gasteiger partial charge in [0.15, 0.2) is 0 Å². The monoisotopic (exact) mass is 256 g/mol. The van der Waals surface area contributed by atoms with Crippen LogP contribution in [0.2, 0.25) is 19.8 Å². The van der Waals surface area contributed by atoms with Gasteiger partial charge in [0.2, 0.25) is 0 Å². The van der Waals surface area contributed by atoms with Crippen molar-refractivity contribution < 1.29 is 15.0 Å². The van der Waals surface area contributed by atoms with Gasteiger partial charge in [-0.05, 0) is 0 Å². The van der Waals surface area contributed by atoms with Crippen molar-refractivity contribution in [2.45, 2.75) is 19.8 Å². The number of hydrogen-bond donors (Lipinski definition) is 2. The first-order chi connectivity index (χ1) is 4.27. The molecular weight excluding hydrogens is 239 g/mol. The minimum atomic E-state index is -1.19. The summed E-state index contributed by atoms with van der Waals surface area (Å²) in [5, 5.41) is 15.0. The number of carboxylic acid groups (broad SMARTS) is 1. The molecule has 0 unspecified atom stereocenters. The Hall–Kier alpha value is 0.229. The normalized spacial score (nSPS) is 9.70. The van der Waals surface area contributed by atoms with Crippen LogP contribution in [0.5, 0.6) is 0 Å². The summed E-state index contributed by atoms with van der Waals surface area (Å²) < 4.78 is 0. The molecule has 0 spiro atoms. The molecule has 3 nitrogen and oxygen atoms in total. The van der Waals surface area contributed by atoms with Crippen LogP contribution in [-0.2, 0) is 4.79 Å². The van der Waals surface area contributed by atoms with Gasteiger partial charge < -0.3 is 10.2 Å². The van der Waals surface area contributed by atoms with Crippen LogP contribution in [0.15, 0.2) is 0 Å². The number of aliphatic hydroxyl groups is 1. The summed E-state index contributed by atoms with van der Waals surface area (Å²) in [5.41, 5.74) is 0. The van der Waals surface area contributed by atoms with Gasteiger partial charge in [-0.3, -0.25) is 0 Å². The Morgan fingerprint density at radius 2 is 1.40 bits per heavy atom. The molecule has 4 heteroatoms. The second-order valence-electron chi connectivity index (χ2n) is 3.55. The summed E-state index contributed by atoms with van der Waals surface area (Å²) in [7, 11) is 0. The van der Waals surface area contributed by atoms with Gasteiger partial charge in [-0.2, -0.15) is 0 Å². The van der Waals surface area contributed by atoms with Crippen LogP contribution >= 0.6 is 0 Å². The number of hydrogen-bond acceptors (Lipinski definition) is 2. The van der Waals surface area contributed by atoms with Gasteiger partial charge in [0.25, 0.3) is 0 Å². The van der Waals surface area contributed by atoms with E-state index in [1.807, 2.05) is 0 Å². The Balaban J connectivity index is 0. The predicted octanol–water partition coefficient (Wildman–Crippen LogP) is 1.02. The van der Waals surface area contributed by atoms with E-state index < -0.39 is 31.0 Å². The molecule has 2 N–H and O–H groups in total. The number of carbonyl (C=O) groups is 1. The first-order valence-electron chi connectivity index (χ1n) is 3.10. The fraction of sp³-hybridized carbons (Fsp3) is 0.833.